The summed E-state index contributed by atoms with van der Waals surface area (Å²) in [6, 6.07) is 1.93. The minimum absolute atomic E-state index is 0.0353. The van der Waals surface area contributed by atoms with E-state index in [0.29, 0.717) is 3.70 Å². The number of hydrogen-bond donors (Lipinski definition) is 1. The van der Waals surface area contributed by atoms with Crippen molar-refractivity contribution in [3.8, 4) is 5.75 Å². The lowest BCUT2D eigenvalue weighted by Crippen LogP contribution is -2.14. The van der Waals surface area contributed by atoms with Gasteiger partial charge >= 0.3 is 0 Å². The van der Waals surface area contributed by atoms with Crippen LogP contribution < -0.4 is 0 Å². The highest BCUT2D eigenvalue weighted by molar-refractivity contribution is 14.1. The highest BCUT2D eigenvalue weighted by Crippen LogP contribution is 2.29. The van der Waals surface area contributed by atoms with Crippen molar-refractivity contribution >= 4 is 45.2 Å². The summed E-state index contributed by atoms with van der Waals surface area (Å²) in [7, 11) is 0. The molecule has 13 heavy (non-hydrogen) atoms. The molecule has 0 bridgehead atoms. The van der Waals surface area contributed by atoms with Crippen molar-refractivity contribution in [3.63, 3.8) is 0 Å². The smallest absolute Gasteiger partial charge is 0.160 e. The lowest BCUT2D eigenvalue weighted by atomic mass is 9.92. The number of aromatic hydroxyl groups is 1. The van der Waals surface area contributed by atoms with E-state index in [-0.39, 0.29) is 11.2 Å². The largest absolute Gasteiger partial charge is 0.504 e. The molecular weight excluding hydrogens is 392 g/mol. The van der Waals surface area contributed by atoms with E-state index in [4.69, 9.17) is 0 Å². The van der Waals surface area contributed by atoms with Crippen molar-refractivity contribution in [1.82, 2.24) is 4.98 Å². The molecule has 0 fully saturated rings. The molecule has 0 aliphatic heterocycles. The second-order valence-electron chi connectivity index (χ2n) is 3.88. The Morgan fingerprint density at radius 2 is 1.85 bits per heavy atom. The Hall–Kier alpha value is 0.410. The first-order valence-electron chi connectivity index (χ1n) is 3.88. The number of aromatic nitrogens is 1. The van der Waals surface area contributed by atoms with Crippen LogP contribution in [-0.2, 0) is 5.41 Å². The van der Waals surface area contributed by atoms with E-state index in [9.17, 15) is 5.11 Å². The molecule has 1 aromatic rings. The molecule has 0 saturated carbocycles. The van der Waals surface area contributed by atoms with Gasteiger partial charge in [-0.3, -0.25) is 0 Å². The predicted molar refractivity (Wildman–Crippen MR) is 70.0 cm³/mol. The molecule has 0 aliphatic carbocycles. The zero-order chi connectivity index (χ0) is 10.2. The first-order chi connectivity index (χ1) is 5.82. The minimum atomic E-state index is 0.0353. The van der Waals surface area contributed by atoms with Gasteiger partial charge in [0.25, 0.3) is 0 Å². The molecule has 1 N–H and O–H groups in total. The van der Waals surface area contributed by atoms with Crippen molar-refractivity contribution in [2.24, 2.45) is 0 Å². The summed E-state index contributed by atoms with van der Waals surface area (Å²) in [5.74, 6) is 0.286. The first-order valence-corrected chi connectivity index (χ1v) is 6.03. The maximum atomic E-state index is 9.52. The molecule has 72 valence electrons. The second-order valence-corrected chi connectivity index (χ2v) is 6.06. The molecule has 0 aromatic carbocycles. The summed E-state index contributed by atoms with van der Waals surface area (Å²) in [6.45, 7) is 6.33. The van der Waals surface area contributed by atoms with Crippen LogP contribution in [0.5, 0.6) is 5.75 Å². The number of nitrogens with zero attached hydrogens (tertiary/aromatic N) is 1. The molecule has 0 atom stereocenters. The van der Waals surface area contributed by atoms with Crippen molar-refractivity contribution < 1.29 is 5.11 Å². The quantitative estimate of drug-likeness (QED) is 0.533. The average molecular weight is 403 g/mol. The Morgan fingerprint density at radius 1 is 1.31 bits per heavy atom. The lowest BCUT2D eigenvalue weighted by Gasteiger charge is -2.18. The molecule has 4 heteroatoms. The Labute approximate surface area is 105 Å². The van der Waals surface area contributed by atoms with E-state index >= 15 is 0 Å². The molecule has 0 aliphatic rings. The van der Waals surface area contributed by atoms with Gasteiger partial charge < -0.3 is 5.11 Å². The molecule has 1 heterocycles. The van der Waals surface area contributed by atoms with Crippen LogP contribution in [0.4, 0.5) is 0 Å². The predicted octanol–water partition coefficient (Wildman–Crippen LogP) is 3.29. The standard InChI is InChI=1S/C9H11I2NO/c1-9(2,3)6-4-5(10)7(13)8(11)12-6/h4,13H,1-3H3. The molecule has 0 saturated heterocycles. The van der Waals surface area contributed by atoms with Crippen molar-refractivity contribution in [2.45, 2.75) is 26.2 Å². The SMILES string of the molecule is CC(C)(C)c1cc(I)c(O)c(I)n1. The number of halogens is 2. The van der Waals surface area contributed by atoms with Gasteiger partial charge in [0, 0.05) is 11.1 Å². The highest BCUT2D eigenvalue weighted by atomic mass is 127. The van der Waals surface area contributed by atoms with E-state index in [0.717, 1.165) is 9.26 Å². The van der Waals surface area contributed by atoms with Crippen molar-refractivity contribution in [1.29, 1.82) is 0 Å². The third kappa shape index (κ3) is 2.68. The lowest BCUT2D eigenvalue weighted by molar-refractivity contribution is 0.460. The van der Waals surface area contributed by atoms with Crippen LogP contribution in [0.1, 0.15) is 26.5 Å². The average Bonchev–Trinajstić information content (AvgIpc) is 1.97. The zero-order valence-electron chi connectivity index (χ0n) is 7.73. The van der Waals surface area contributed by atoms with Crippen LogP contribution in [0.3, 0.4) is 0 Å². The molecule has 1 aromatic heterocycles. The Bertz CT molecular complexity index is 308. The fraction of sp³-hybridized carbons (Fsp3) is 0.444. The van der Waals surface area contributed by atoms with Gasteiger partial charge in [0.1, 0.15) is 3.70 Å². The van der Waals surface area contributed by atoms with Gasteiger partial charge in [-0.05, 0) is 51.2 Å². The highest BCUT2D eigenvalue weighted by Gasteiger charge is 2.18. The molecule has 0 unspecified atom stereocenters. The number of pyridine rings is 1. The summed E-state index contributed by atoms with van der Waals surface area (Å²) in [4.78, 5) is 4.34. The molecular formula is C9H11I2NO. The van der Waals surface area contributed by atoms with Crippen LogP contribution >= 0.6 is 45.2 Å². The maximum absolute atomic E-state index is 9.52. The molecule has 0 radical (unpaired) electrons. The van der Waals surface area contributed by atoms with Crippen LogP contribution in [0.25, 0.3) is 0 Å². The molecule has 0 spiro atoms. The summed E-state index contributed by atoms with van der Waals surface area (Å²) in [6.07, 6.45) is 0. The third-order valence-electron chi connectivity index (χ3n) is 1.67. The van der Waals surface area contributed by atoms with Crippen molar-refractivity contribution in [2.75, 3.05) is 0 Å². The van der Waals surface area contributed by atoms with Crippen molar-refractivity contribution in [3.05, 3.63) is 19.0 Å². The minimum Gasteiger partial charge on any atom is -0.504 e. The van der Waals surface area contributed by atoms with Crippen LogP contribution in [0, 0.1) is 7.27 Å². The first kappa shape index (κ1) is 11.5. The van der Waals surface area contributed by atoms with E-state index < -0.39 is 0 Å². The number of hydrogen-bond acceptors (Lipinski definition) is 2. The van der Waals surface area contributed by atoms with Gasteiger partial charge in [-0.2, -0.15) is 0 Å². The van der Waals surface area contributed by atoms with Crippen LogP contribution in [0.2, 0.25) is 0 Å². The summed E-state index contributed by atoms with van der Waals surface area (Å²) in [5, 5.41) is 9.52. The van der Waals surface area contributed by atoms with Gasteiger partial charge in [-0.15, -0.1) is 0 Å². The normalized spacial score (nSPS) is 11.8. The van der Waals surface area contributed by atoms with E-state index in [2.05, 4.69) is 48.3 Å². The fourth-order valence-corrected chi connectivity index (χ4v) is 2.48. The molecule has 0 amide bonds. The fourth-order valence-electron chi connectivity index (χ4n) is 0.862. The summed E-state index contributed by atoms with van der Waals surface area (Å²) < 4.78 is 1.54. The summed E-state index contributed by atoms with van der Waals surface area (Å²) in [5.41, 5.74) is 1.05. The van der Waals surface area contributed by atoms with E-state index in [1.807, 2.05) is 28.7 Å². The zero-order valence-corrected chi connectivity index (χ0v) is 12.0. The van der Waals surface area contributed by atoms with Gasteiger partial charge in [0.2, 0.25) is 0 Å². The maximum Gasteiger partial charge on any atom is 0.160 e. The van der Waals surface area contributed by atoms with Crippen LogP contribution in [-0.4, -0.2) is 10.1 Å². The van der Waals surface area contributed by atoms with Gasteiger partial charge in [-0.25, -0.2) is 4.98 Å². The van der Waals surface area contributed by atoms with E-state index in [1.54, 1.807) is 0 Å². The number of rotatable bonds is 0. The molecule has 2 nitrogen and oxygen atoms in total. The van der Waals surface area contributed by atoms with Gasteiger partial charge in [0.05, 0.1) is 3.57 Å². The third-order valence-corrected chi connectivity index (χ3v) is 3.25. The monoisotopic (exact) mass is 403 g/mol. The van der Waals surface area contributed by atoms with E-state index in [1.165, 1.54) is 0 Å². The Balaban J connectivity index is 3.29. The Morgan fingerprint density at radius 3 is 2.23 bits per heavy atom. The summed E-state index contributed by atoms with van der Waals surface area (Å²) >= 11 is 4.17. The second kappa shape index (κ2) is 3.88. The van der Waals surface area contributed by atoms with Crippen LogP contribution in [0.15, 0.2) is 6.07 Å². The topological polar surface area (TPSA) is 33.1 Å². The van der Waals surface area contributed by atoms with Gasteiger partial charge in [0.15, 0.2) is 5.75 Å². The van der Waals surface area contributed by atoms with Gasteiger partial charge in [-0.1, -0.05) is 20.8 Å². The Kier molecular flexibility index (Phi) is 3.43. The molecule has 1 rings (SSSR count).